The minimum absolute atomic E-state index is 0. The summed E-state index contributed by atoms with van der Waals surface area (Å²) in [5.74, 6) is -0.462. The van der Waals surface area contributed by atoms with E-state index in [0.717, 1.165) is 0 Å². The first-order valence-corrected chi connectivity index (χ1v) is 4.55. The van der Waals surface area contributed by atoms with Gasteiger partial charge in [-0.2, -0.15) is 0 Å². The molecule has 5 N–H and O–H groups in total. The van der Waals surface area contributed by atoms with Crippen LogP contribution in [0.25, 0.3) is 0 Å². The first-order chi connectivity index (χ1) is 6.97. The molecule has 7 nitrogen and oxygen atoms in total. The molecule has 0 aliphatic carbocycles. The maximum absolute atomic E-state index is 10.7. The number of hydrogen-bond donors (Lipinski definition) is 5. The standard InChI is InChI=1S/C8H15NO6.Pb.2H/c1-3(11)9-5-7(13)6(12)4(2-10)15-8(5)14;;;/h4-8,10,12-14H,2H2,1H3,(H,9,11);;;/t4-,5-,6-,7-,8?;;;/m1.../s1. The summed E-state index contributed by atoms with van der Waals surface area (Å²) in [6.07, 6.45) is -5.24. The van der Waals surface area contributed by atoms with Crippen LogP contribution in [0, 0.1) is 0 Å². The van der Waals surface area contributed by atoms with E-state index in [2.05, 4.69) is 5.32 Å². The molecular formula is C8H17NO6Pb. The molecule has 16 heavy (non-hydrogen) atoms. The summed E-state index contributed by atoms with van der Waals surface area (Å²) in [6, 6.07) is -1.10. The second-order valence-electron chi connectivity index (χ2n) is 3.46. The molecule has 0 aromatic rings. The van der Waals surface area contributed by atoms with Gasteiger partial charge in [-0.1, -0.05) is 0 Å². The number of carbonyl (C=O) groups excluding carboxylic acids is 1. The zero-order valence-electron chi connectivity index (χ0n) is 8.91. The number of aliphatic hydroxyl groups excluding tert-OH is 4. The van der Waals surface area contributed by atoms with E-state index >= 15 is 0 Å². The van der Waals surface area contributed by atoms with Crippen LogP contribution in [0.3, 0.4) is 0 Å². The number of nitrogens with one attached hydrogen (secondary N) is 1. The van der Waals surface area contributed by atoms with Gasteiger partial charge in [0.1, 0.15) is 24.4 Å². The first kappa shape index (κ1) is 16.2. The Bertz CT molecular complexity index is 241. The van der Waals surface area contributed by atoms with E-state index in [4.69, 9.17) is 9.84 Å². The number of ether oxygens (including phenoxy) is 1. The van der Waals surface area contributed by atoms with Gasteiger partial charge in [-0.15, -0.1) is 0 Å². The zero-order chi connectivity index (χ0) is 11.6. The van der Waals surface area contributed by atoms with Gasteiger partial charge in [-0.05, 0) is 0 Å². The van der Waals surface area contributed by atoms with Crippen molar-refractivity contribution in [3.63, 3.8) is 0 Å². The van der Waals surface area contributed by atoms with Gasteiger partial charge >= 0.3 is 27.3 Å². The van der Waals surface area contributed by atoms with Gasteiger partial charge in [0.15, 0.2) is 6.29 Å². The normalized spacial score (nSPS) is 38.7. The van der Waals surface area contributed by atoms with E-state index in [1.807, 2.05) is 0 Å². The summed E-state index contributed by atoms with van der Waals surface area (Å²) in [7, 11) is 0. The molecule has 2 radical (unpaired) electrons. The van der Waals surface area contributed by atoms with Crippen molar-refractivity contribution in [2.75, 3.05) is 6.61 Å². The number of hydrogen-bond acceptors (Lipinski definition) is 6. The van der Waals surface area contributed by atoms with Crippen molar-refractivity contribution in [1.82, 2.24) is 5.32 Å². The molecule has 1 fully saturated rings. The molecular weight excluding hydrogens is 413 g/mol. The SMILES string of the molecule is CC(=O)N[C@H]1C(O)O[C@H](CO)[C@@H](O)[C@@H]1O.[PbH2]. The van der Waals surface area contributed by atoms with Crippen molar-refractivity contribution in [2.24, 2.45) is 0 Å². The fraction of sp³-hybridized carbons (Fsp3) is 0.875. The van der Waals surface area contributed by atoms with Gasteiger partial charge in [0.2, 0.25) is 5.91 Å². The molecule has 5 atom stereocenters. The molecule has 0 spiro atoms. The molecule has 0 aromatic carbocycles. The van der Waals surface area contributed by atoms with Gasteiger partial charge < -0.3 is 30.5 Å². The zero-order valence-corrected chi connectivity index (χ0v) is 14.4. The molecule has 1 amide bonds. The number of rotatable bonds is 2. The van der Waals surface area contributed by atoms with E-state index in [9.17, 15) is 20.1 Å². The van der Waals surface area contributed by atoms with Crippen LogP contribution in [0.5, 0.6) is 0 Å². The van der Waals surface area contributed by atoms with E-state index in [1.165, 1.54) is 6.92 Å². The average molecular weight is 430 g/mol. The molecule has 1 heterocycles. The third kappa shape index (κ3) is 3.60. The van der Waals surface area contributed by atoms with E-state index in [1.54, 1.807) is 0 Å². The third-order valence-electron chi connectivity index (χ3n) is 2.27. The Balaban J connectivity index is 0.00000225. The Labute approximate surface area is 113 Å². The molecule has 94 valence electrons. The second kappa shape index (κ2) is 6.81. The molecule has 1 aliphatic rings. The van der Waals surface area contributed by atoms with Crippen LogP contribution in [0.1, 0.15) is 6.92 Å². The molecule has 0 aromatic heterocycles. The summed E-state index contributed by atoms with van der Waals surface area (Å²) in [5, 5.41) is 39.4. The minimum atomic E-state index is -1.45. The fourth-order valence-electron chi connectivity index (χ4n) is 1.49. The Morgan fingerprint density at radius 2 is 1.88 bits per heavy atom. The Hall–Kier alpha value is 0.192. The third-order valence-corrected chi connectivity index (χ3v) is 2.27. The predicted octanol–water partition coefficient (Wildman–Crippen LogP) is -3.99. The van der Waals surface area contributed by atoms with Gasteiger partial charge in [0.05, 0.1) is 6.61 Å². The van der Waals surface area contributed by atoms with Crippen molar-refractivity contribution in [1.29, 1.82) is 0 Å². The number of carbonyl (C=O) groups is 1. The Morgan fingerprint density at radius 3 is 2.31 bits per heavy atom. The van der Waals surface area contributed by atoms with Crippen LogP contribution >= 0.6 is 0 Å². The predicted molar refractivity (Wildman–Crippen MR) is 56.1 cm³/mol. The quantitative estimate of drug-likeness (QED) is 0.285. The van der Waals surface area contributed by atoms with Crippen molar-refractivity contribution in [2.45, 2.75) is 37.6 Å². The Morgan fingerprint density at radius 1 is 1.31 bits per heavy atom. The van der Waals surface area contributed by atoms with Crippen molar-refractivity contribution in [3.05, 3.63) is 0 Å². The molecule has 8 heteroatoms. The van der Waals surface area contributed by atoms with E-state index in [-0.39, 0.29) is 27.3 Å². The van der Waals surface area contributed by atoms with Crippen molar-refractivity contribution < 1.29 is 30.0 Å². The van der Waals surface area contributed by atoms with Crippen LogP contribution in [-0.2, 0) is 9.53 Å². The van der Waals surface area contributed by atoms with Crippen LogP contribution < -0.4 is 5.32 Å². The monoisotopic (exact) mass is 431 g/mol. The van der Waals surface area contributed by atoms with Crippen LogP contribution in [0.2, 0.25) is 0 Å². The van der Waals surface area contributed by atoms with Crippen LogP contribution in [0.4, 0.5) is 0 Å². The molecule has 1 saturated heterocycles. The van der Waals surface area contributed by atoms with Crippen molar-refractivity contribution in [3.8, 4) is 0 Å². The molecule has 1 rings (SSSR count). The molecule has 1 unspecified atom stereocenters. The number of aliphatic hydroxyl groups is 4. The summed E-state index contributed by atoms with van der Waals surface area (Å²) in [4.78, 5) is 10.7. The van der Waals surface area contributed by atoms with Crippen molar-refractivity contribution >= 4 is 33.2 Å². The van der Waals surface area contributed by atoms with E-state index < -0.39 is 43.2 Å². The molecule has 0 bridgehead atoms. The van der Waals surface area contributed by atoms with Crippen LogP contribution in [0.15, 0.2) is 0 Å². The molecule has 1 aliphatic heterocycles. The van der Waals surface area contributed by atoms with Crippen LogP contribution in [-0.4, -0.2) is 90.9 Å². The maximum atomic E-state index is 10.7. The molecule has 0 saturated carbocycles. The van der Waals surface area contributed by atoms with Gasteiger partial charge in [0, 0.05) is 6.92 Å². The number of amides is 1. The summed E-state index contributed by atoms with van der Waals surface area (Å²) < 4.78 is 4.81. The summed E-state index contributed by atoms with van der Waals surface area (Å²) >= 11 is 0. The van der Waals surface area contributed by atoms with Gasteiger partial charge in [-0.25, -0.2) is 0 Å². The topological polar surface area (TPSA) is 119 Å². The van der Waals surface area contributed by atoms with E-state index in [0.29, 0.717) is 0 Å². The van der Waals surface area contributed by atoms with Gasteiger partial charge in [0.25, 0.3) is 0 Å². The van der Waals surface area contributed by atoms with Gasteiger partial charge in [-0.3, -0.25) is 4.79 Å². The second-order valence-corrected chi connectivity index (χ2v) is 3.46. The average Bonchev–Trinajstić information content (AvgIpc) is 2.18. The fourth-order valence-corrected chi connectivity index (χ4v) is 1.49. The summed E-state index contributed by atoms with van der Waals surface area (Å²) in [5.41, 5.74) is 0. The first-order valence-electron chi connectivity index (χ1n) is 4.55. The summed E-state index contributed by atoms with van der Waals surface area (Å²) in [6.45, 7) is 0.687. The Kier molecular flexibility index (Phi) is 6.90.